The highest BCUT2D eigenvalue weighted by Gasteiger charge is 2.14. The Kier molecular flexibility index (Phi) is 8.62. The molecular weight excluding hydrogens is 404 g/mol. The second-order valence-corrected chi connectivity index (χ2v) is 6.46. The highest BCUT2D eigenvalue weighted by Crippen LogP contribution is 2.24. The molecule has 0 saturated heterocycles. The van der Waals surface area contributed by atoms with Gasteiger partial charge in [0.05, 0.1) is 25.1 Å². The Morgan fingerprint density at radius 3 is 2.55 bits per heavy atom. The number of allylic oxidation sites excluding steroid dienone is 5. The number of aliphatic imine (C=N–C) groups is 1. The molecule has 0 spiro atoms. The maximum Gasteiger partial charge on any atom is 0.211 e. The molecule has 0 aliphatic rings. The highest BCUT2D eigenvalue weighted by atomic mass is 19.1. The van der Waals surface area contributed by atoms with Crippen molar-refractivity contribution >= 4 is 29.2 Å². The zero-order chi connectivity index (χ0) is 22.8. The van der Waals surface area contributed by atoms with Crippen molar-refractivity contribution in [2.45, 2.75) is 27.3 Å². The average Bonchev–Trinajstić information content (AvgIpc) is 2.77. The largest absolute Gasteiger partial charge is 0.350 e. The molecule has 0 saturated carbocycles. The Labute approximate surface area is 179 Å². The van der Waals surface area contributed by atoms with Gasteiger partial charge in [-0.2, -0.15) is 0 Å². The van der Waals surface area contributed by atoms with Gasteiger partial charge in [0.25, 0.3) is 0 Å². The summed E-state index contributed by atoms with van der Waals surface area (Å²) in [6.45, 7) is 5.35. The molecule has 2 heterocycles. The number of halogens is 2. The van der Waals surface area contributed by atoms with E-state index in [4.69, 9.17) is 0 Å². The van der Waals surface area contributed by atoms with Crippen molar-refractivity contribution in [3.63, 3.8) is 0 Å². The summed E-state index contributed by atoms with van der Waals surface area (Å²) in [5, 5.41) is 2.56. The zero-order valence-corrected chi connectivity index (χ0v) is 17.7. The van der Waals surface area contributed by atoms with Gasteiger partial charge < -0.3 is 10.2 Å². The smallest absolute Gasteiger partial charge is 0.211 e. The van der Waals surface area contributed by atoms with E-state index in [0.717, 1.165) is 12.4 Å². The number of amides is 1. The Balaban J connectivity index is 2.29. The van der Waals surface area contributed by atoms with Crippen LogP contribution < -0.4 is 10.2 Å². The normalized spacial score (nSPS) is 12.9. The summed E-state index contributed by atoms with van der Waals surface area (Å²) < 4.78 is 26.2. The monoisotopic (exact) mass is 427 g/mol. The fraction of sp³-hybridized carbons (Fsp3) is 0.238. The van der Waals surface area contributed by atoms with E-state index in [-0.39, 0.29) is 12.4 Å². The second-order valence-electron chi connectivity index (χ2n) is 6.46. The third kappa shape index (κ3) is 7.18. The lowest BCUT2D eigenvalue weighted by Crippen LogP contribution is -2.21. The van der Waals surface area contributed by atoms with E-state index in [1.807, 2.05) is 0 Å². The predicted molar refractivity (Wildman–Crippen MR) is 117 cm³/mol. The van der Waals surface area contributed by atoms with Gasteiger partial charge in [-0.05, 0) is 32.9 Å². The van der Waals surface area contributed by atoms with Gasteiger partial charge in [0.1, 0.15) is 17.3 Å². The second kappa shape index (κ2) is 11.4. The molecule has 0 aromatic carbocycles. The van der Waals surface area contributed by atoms with E-state index in [9.17, 15) is 13.6 Å². The summed E-state index contributed by atoms with van der Waals surface area (Å²) in [5.41, 5.74) is 1.64. The number of hydrogen-bond donors (Lipinski definition) is 1. The van der Waals surface area contributed by atoms with E-state index in [1.165, 1.54) is 18.3 Å². The molecule has 2 aromatic heterocycles. The van der Waals surface area contributed by atoms with E-state index >= 15 is 0 Å². The third-order valence-electron chi connectivity index (χ3n) is 3.97. The molecule has 2 aromatic rings. The lowest BCUT2D eigenvalue weighted by molar-refractivity contribution is -0.105. The van der Waals surface area contributed by atoms with Gasteiger partial charge in [0.15, 0.2) is 17.5 Å². The molecule has 1 amide bonds. The quantitative estimate of drug-likeness (QED) is 0.371. The minimum atomic E-state index is -0.529. The minimum absolute atomic E-state index is 0.228. The molecule has 10 heteroatoms. The summed E-state index contributed by atoms with van der Waals surface area (Å²) in [6, 6.07) is 0. The average molecular weight is 427 g/mol. The first-order chi connectivity index (χ1) is 14.8. The molecule has 162 valence electrons. The third-order valence-corrected chi connectivity index (χ3v) is 3.97. The maximum atomic E-state index is 13.2. The van der Waals surface area contributed by atoms with Crippen molar-refractivity contribution in [2.75, 3.05) is 17.3 Å². The van der Waals surface area contributed by atoms with E-state index in [0.29, 0.717) is 40.8 Å². The Bertz CT molecular complexity index is 1030. The van der Waals surface area contributed by atoms with E-state index in [1.54, 1.807) is 45.0 Å². The van der Waals surface area contributed by atoms with Gasteiger partial charge in [-0.3, -0.25) is 9.79 Å². The van der Waals surface area contributed by atoms with Crippen molar-refractivity contribution in [3.8, 4) is 0 Å². The van der Waals surface area contributed by atoms with Crippen LogP contribution in [0.1, 0.15) is 32.4 Å². The summed E-state index contributed by atoms with van der Waals surface area (Å²) in [5.74, 6) is 0.314. The first-order valence-corrected chi connectivity index (χ1v) is 9.30. The first kappa shape index (κ1) is 23.5. The zero-order valence-electron chi connectivity index (χ0n) is 17.7. The topological polar surface area (TPSA) is 96.3 Å². The molecule has 0 aliphatic heterocycles. The Morgan fingerprint density at radius 2 is 1.90 bits per heavy atom. The number of rotatable bonds is 9. The van der Waals surface area contributed by atoms with E-state index < -0.39 is 5.82 Å². The first-order valence-electron chi connectivity index (χ1n) is 9.30. The molecule has 8 nitrogen and oxygen atoms in total. The molecule has 31 heavy (non-hydrogen) atoms. The van der Waals surface area contributed by atoms with Gasteiger partial charge in [0, 0.05) is 24.5 Å². The number of anilines is 2. The van der Waals surface area contributed by atoms with Crippen LogP contribution in [0.2, 0.25) is 0 Å². The number of aromatic nitrogens is 4. The minimum Gasteiger partial charge on any atom is -0.350 e. The van der Waals surface area contributed by atoms with E-state index in [2.05, 4.69) is 30.2 Å². The van der Waals surface area contributed by atoms with Crippen LogP contribution in [0.25, 0.3) is 5.57 Å². The summed E-state index contributed by atoms with van der Waals surface area (Å²) in [4.78, 5) is 33.6. The molecule has 0 bridgehead atoms. The summed E-state index contributed by atoms with van der Waals surface area (Å²) in [6.07, 6.45) is 9.96. The number of carbonyl (C=O) groups excluding carboxylic acids is 1. The van der Waals surface area contributed by atoms with Crippen LogP contribution in [0.5, 0.6) is 0 Å². The maximum absolute atomic E-state index is 13.2. The molecule has 0 aliphatic carbocycles. The lowest BCUT2D eigenvalue weighted by atomic mass is 10.3. The van der Waals surface area contributed by atoms with Gasteiger partial charge in [-0.25, -0.2) is 28.7 Å². The van der Waals surface area contributed by atoms with Crippen molar-refractivity contribution in [3.05, 3.63) is 66.3 Å². The van der Waals surface area contributed by atoms with Gasteiger partial charge in [-0.15, -0.1) is 0 Å². The standard InChI is InChI=1S/C21H23F2N7O/c1-5-16(22)7-6-15(3)24-8-14(2)20-27-11-18(28-13-31)21(29-20)30(4)12-19-25-9-17(23)10-26-19/h5-11,13H,12H2,1-4H3,(H,28,31)/b7-6-,14-8+,16-5+,24-15+. The SMILES string of the molecule is C\C=C(F)/C=C\C(C)=N\C=C(/C)c1ncc(NC=O)c(N(C)Cc2ncc(F)cn2)n1. The van der Waals surface area contributed by atoms with Crippen LogP contribution in [-0.4, -0.2) is 39.1 Å². The van der Waals surface area contributed by atoms with Gasteiger partial charge in [-0.1, -0.05) is 6.08 Å². The van der Waals surface area contributed by atoms with Crippen LogP contribution in [0.15, 0.2) is 53.8 Å². The highest BCUT2D eigenvalue weighted by molar-refractivity contribution is 5.93. The van der Waals surface area contributed by atoms with Crippen LogP contribution in [0.4, 0.5) is 20.3 Å². The molecule has 2 rings (SSSR count). The van der Waals surface area contributed by atoms with Crippen LogP contribution in [0, 0.1) is 5.82 Å². The Hall–Kier alpha value is -3.82. The Morgan fingerprint density at radius 1 is 1.19 bits per heavy atom. The molecular formula is C21H23F2N7O. The van der Waals surface area contributed by atoms with Gasteiger partial charge in [0.2, 0.25) is 6.41 Å². The van der Waals surface area contributed by atoms with Crippen molar-refractivity contribution in [2.24, 2.45) is 4.99 Å². The molecule has 1 N–H and O–H groups in total. The molecule has 0 atom stereocenters. The number of nitrogens with one attached hydrogen (secondary N) is 1. The fourth-order valence-electron chi connectivity index (χ4n) is 2.32. The fourth-order valence-corrected chi connectivity index (χ4v) is 2.32. The van der Waals surface area contributed by atoms with Gasteiger partial charge >= 0.3 is 0 Å². The predicted octanol–water partition coefficient (Wildman–Crippen LogP) is 3.86. The number of carbonyl (C=O) groups is 1. The van der Waals surface area contributed by atoms with Crippen LogP contribution in [0.3, 0.4) is 0 Å². The summed E-state index contributed by atoms with van der Waals surface area (Å²) >= 11 is 0. The van der Waals surface area contributed by atoms with Crippen molar-refractivity contribution in [1.29, 1.82) is 0 Å². The molecule has 0 unspecified atom stereocenters. The van der Waals surface area contributed by atoms with Crippen molar-refractivity contribution in [1.82, 2.24) is 19.9 Å². The van der Waals surface area contributed by atoms with Crippen LogP contribution in [-0.2, 0) is 11.3 Å². The molecule has 0 fully saturated rings. The van der Waals surface area contributed by atoms with Crippen LogP contribution >= 0.6 is 0 Å². The summed E-state index contributed by atoms with van der Waals surface area (Å²) in [7, 11) is 1.73. The lowest BCUT2D eigenvalue weighted by Gasteiger charge is -2.20. The molecule has 0 radical (unpaired) electrons. The van der Waals surface area contributed by atoms with Crippen molar-refractivity contribution < 1.29 is 13.6 Å². The number of nitrogens with zero attached hydrogens (tertiary/aromatic N) is 6. The number of hydrogen-bond acceptors (Lipinski definition) is 7.